The van der Waals surface area contributed by atoms with Gasteiger partial charge in [0.2, 0.25) is 5.91 Å². The maximum atomic E-state index is 12.2. The third-order valence-electron chi connectivity index (χ3n) is 3.62. The molecule has 0 radical (unpaired) electrons. The van der Waals surface area contributed by atoms with Gasteiger partial charge in [0.05, 0.1) is 10.8 Å². The van der Waals surface area contributed by atoms with Crippen LogP contribution in [0.4, 0.5) is 0 Å². The molecule has 3 atom stereocenters. The number of aliphatic hydroxyl groups is 1. The van der Waals surface area contributed by atoms with E-state index in [1.165, 1.54) is 0 Å². The van der Waals surface area contributed by atoms with E-state index in [1.54, 1.807) is 54.6 Å². The molecule has 6 nitrogen and oxygen atoms in total. The van der Waals surface area contributed by atoms with E-state index in [0.29, 0.717) is 10.5 Å². The fourth-order valence-electron chi connectivity index (χ4n) is 2.24. The van der Waals surface area contributed by atoms with E-state index in [1.807, 2.05) is 6.07 Å². The molecule has 7 heteroatoms. The second-order valence-electron chi connectivity index (χ2n) is 5.43. The van der Waals surface area contributed by atoms with Crippen molar-refractivity contribution in [3.05, 3.63) is 66.2 Å². The molecule has 2 aromatic carbocycles. The lowest BCUT2D eigenvalue weighted by molar-refractivity contribution is -0.133. The van der Waals surface area contributed by atoms with E-state index in [-0.39, 0.29) is 12.2 Å². The average molecular weight is 360 g/mol. The van der Waals surface area contributed by atoms with Crippen LogP contribution in [-0.2, 0) is 20.4 Å². The predicted octanol–water partition coefficient (Wildman–Crippen LogP) is 0.888. The van der Waals surface area contributed by atoms with Crippen LogP contribution in [0, 0.1) is 0 Å². The number of nitrogens with two attached hydrogens (primary N) is 1. The van der Waals surface area contributed by atoms with Crippen LogP contribution < -0.4 is 11.1 Å². The minimum absolute atomic E-state index is 0.115. The zero-order chi connectivity index (χ0) is 18.2. The summed E-state index contributed by atoms with van der Waals surface area (Å²) in [6.45, 7) is 0. The number of carbonyl (C=O) groups excluding carboxylic acids is 2. The number of amides is 2. The largest absolute Gasteiger partial charge is 0.378 e. The summed E-state index contributed by atoms with van der Waals surface area (Å²) in [7, 11) is -1.30. The van der Waals surface area contributed by atoms with Crippen molar-refractivity contribution < 1.29 is 18.9 Å². The Morgan fingerprint density at radius 2 is 1.60 bits per heavy atom. The molecule has 2 aromatic rings. The summed E-state index contributed by atoms with van der Waals surface area (Å²) in [5.74, 6) is -1.29. The summed E-state index contributed by atoms with van der Waals surface area (Å²) in [6, 6.07) is 16.2. The molecule has 2 amide bonds. The number of hydrogen-bond donors (Lipinski definition) is 3. The molecule has 0 aliphatic rings. The van der Waals surface area contributed by atoms with E-state index in [9.17, 15) is 18.9 Å². The fraction of sp³-hybridized carbons (Fsp3) is 0.222. The molecule has 25 heavy (non-hydrogen) atoms. The van der Waals surface area contributed by atoms with Crippen LogP contribution in [0.25, 0.3) is 0 Å². The number of benzene rings is 2. The third-order valence-corrected chi connectivity index (χ3v) is 5.03. The van der Waals surface area contributed by atoms with Crippen LogP contribution in [0.1, 0.15) is 18.1 Å². The molecule has 132 valence electrons. The Kier molecular flexibility index (Phi) is 6.85. The van der Waals surface area contributed by atoms with Crippen LogP contribution in [0.15, 0.2) is 65.6 Å². The van der Waals surface area contributed by atoms with Crippen molar-refractivity contribution in [1.29, 1.82) is 0 Å². The Hall–Kier alpha value is -2.51. The lowest BCUT2D eigenvalue weighted by atomic mass is 10.1. The first-order valence-electron chi connectivity index (χ1n) is 7.75. The maximum Gasteiger partial charge on any atom is 0.254 e. The van der Waals surface area contributed by atoms with Crippen molar-refractivity contribution in [2.75, 3.05) is 5.75 Å². The molecule has 0 aromatic heterocycles. The molecular formula is C18H20N2O4S. The summed E-state index contributed by atoms with van der Waals surface area (Å²) in [6.07, 6.45) is -1.29. The minimum Gasteiger partial charge on any atom is -0.378 e. The van der Waals surface area contributed by atoms with Crippen LogP contribution >= 0.6 is 0 Å². The molecule has 0 saturated carbocycles. The quantitative estimate of drug-likeness (QED) is 0.649. The van der Waals surface area contributed by atoms with Gasteiger partial charge in [0, 0.05) is 10.6 Å². The summed E-state index contributed by atoms with van der Waals surface area (Å²) in [5, 5.41) is 12.5. The number of rotatable bonds is 8. The van der Waals surface area contributed by atoms with Crippen molar-refractivity contribution in [1.82, 2.24) is 5.32 Å². The van der Waals surface area contributed by atoms with Crippen molar-refractivity contribution in [3.63, 3.8) is 0 Å². The first-order valence-corrected chi connectivity index (χ1v) is 9.07. The maximum absolute atomic E-state index is 12.2. The van der Waals surface area contributed by atoms with Crippen LogP contribution in [0.5, 0.6) is 0 Å². The van der Waals surface area contributed by atoms with Gasteiger partial charge in [0.15, 0.2) is 6.10 Å². The van der Waals surface area contributed by atoms with Gasteiger partial charge in [0.25, 0.3) is 5.91 Å². The molecule has 0 fully saturated rings. The standard InChI is InChI=1S/C18H20N2O4S/c19-17(22)15(11-12-25(24)14-9-5-2-6-10-14)20-18(23)16(21)13-7-3-1-4-8-13/h1-10,15-16,21H,11-12H2,(H2,19,22)(H,20,23)/t15-,16-,25+/m0/s1. The van der Waals surface area contributed by atoms with Crippen molar-refractivity contribution in [2.45, 2.75) is 23.5 Å². The monoisotopic (exact) mass is 360 g/mol. The number of carbonyl (C=O) groups is 2. The van der Waals surface area contributed by atoms with Gasteiger partial charge >= 0.3 is 0 Å². The highest BCUT2D eigenvalue weighted by atomic mass is 32.2. The molecule has 4 N–H and O–H groups in total. The second kappa shape index (κ2) is 9.10. The minimum atomic E-state index is -1.40. The van der Waals surface area contributed by atoms with Crippen LogP contribution in [-0.4, -0.2) is 32.9 Å². The normalized spacial score (nSPS) is 14.3. The van der Waals surface area contributed by atoms with E-state index < -0.39 is 34.8 Å². The molecule has 0 heterocycles. The van der Waals surface area contributed by atoms with E-state index in [0.717, 1.165) is 0 Å². The molecule has 0 unspecified atom stereocenters. The second-order valence-corrected chi connectivity index (χ2v) is 7.00. The lowest BCUT2D eigenvalue weighted by Crippen LogP contribution is -2.46. The highest BCUT2D eigenvalue weighted by molar-refractivity contribution is 7.85. The molecule has 0 aliphatic carbocycles. The number of primary amides is 1. The van der Waals surface area contributed by atoms with Gasteiger partial charge < -0.3 is 16.2 Å². The molecule has 0 bridgehead atoms. The third kappa shape index (κ3) is 5.51. The Balaban J connectivity index is 1.95. The van der Waals surface area contributed by atoms with Gasteiger partial charge in [-0.15, -0.1) is 0 Å². The molecule has 0 aliphatic heterocycles. The number of aliphatic hydroxyl groups excluding tert-OH is 1. The highest BCUT2D eigenvalue weighted by Gasteiger charge is 2.24. The SMILES string of the molecule is NC(=O)[C@H](CC[S@@](=O)c1ccccc1)NC(=O)[C@@H](O)c1ccccc1. The first-order chi connectivity index (χ1) is 12.0. The number of hydrogen-bond acceptors (Lipinski definition) is 4. The van der Waals surface area contributed by atoms with Gasteiger partial charge in [-0.25, -0.2) is 0 Å². The Bertz CT molecular complexity index is 737. The van der Waals surface area contributed by atoms with Gasteiger partial charge in [-0.3, -0.25) is 13.8 Å². The zero-order valence-electron chi connectivity index (χ0n) is 13.5. The van der Waals surface area contributed by atoms with Gasteiger partial charge in [-0.2, -0.15) is 0 Å². The van der Waals surface area contributed by atoms with Crippen LogP contribution in [0.2, 0.25) is 0 Å². The van der Waals surface area contributed by atoms with Gasteiger partial charge in [-0.05, 0) is 24.1 Å². The summed E-state index contributed by atoms with van der Waals surface area (Å²) in [5.41, 5.74) is 5.73. The summed E-state index contributed by atoms with van der Waals surface area (Å²) < 4.78 is 12.2. The van der Waals surface area contributed by atoms with Gasteiger partial charge in [0.1, 0.15) is 6.04 Å². The lowest BCUT2D eigenvalue weighted by Gasteiger charge is -2.18. The Morgan fingerprint density at radius 3 is 2.16 bits per heavy atom. The predicted molar refractivity (Wildman–Crippen MR) is 94.9 cm³/mol. The van der Waals surface area contributed by atoms with E-state index in [2.05, 4.69) is 5.32 Å². The van der Waals surface area contributed by atoms with Crippen LogP contribution in [0.3, 0.4) is 0 Å². The zero-order valence-corrected chi connectivity index (χ0v) is 14.3. The van der Waals surface area contributed by atoms with Crippen molar-refractivity contribution in [3.8, 4) is 0 Å². The number of nitrogens with one attached hydrogen (secondary N) is 1. The highest BCUT2D eigenvalue weighted by Crippen LogP contribution is 2.13. The van der Waals surface area contributed by atoms with E-state index in [4.69, 9.17) is 5.73 Å². The average Bonchev–Trinajstić information content (AvgIpc) is 2.65. The summed E-state index contributed by atoms with van der Waals surface area (Å²) >= 11 is 0. The molecule has 0 saturated heterocycles. The molecule has 2 rings (SSSR count). The van der Waals surface area contributed by atoms with E-state index >= 15 is 0 Å². The van der Waals surface area contributed by atoms with Crippen molar-refractivity contribution >= 4 is 22.6 Å². The molecule has 0 spiro atoms. The molecular weight excluding hydrogens is 340 g/mol. The van der Waals surface area contributed by atoms with Crippen molar-refractivity contribution in [2.24, 2.45) is 5.73 Å². The topological polar surface area (TPSA) is 109 Å². The first kappa shape index (κ1) is 18.8. The summed E-state index contributed by atoms with van der Waals surface area (Å²) in [4.78, 5) is 24.3. The fourth-order valence-corrected chi connectivity index (χ4v) is 3.38. The smallest absolute Gasteiger partial charge is 0.254 e. The van der Waals surface area contributed by atoms with Gasteiger partial charge in [-0.1, -0.05) is 48.5 Å². The Morgan fingerprint density at radius 1 is 1.04 bits per heavy atom. The Labute approximate surface area is 148 Å².